The predicted molar refractivity (Wildman–Crippen MR) is 110 cm³/mol. The molecule has 0 aromatic heterocycles. The molecule has 3 amide bonds. The first-order chi connectivity index (χ1) is 13.8. The monoisotopic (exact) mass is 480 g/mol. The molecule has 0 aliphatic carbocycles. The topological polar surface area (TPSA) is 95.9 Å². The van der Waals surface area contributed by atoms with Gasteiger partial charge in [0.2, 0.25) is 5.91 Å². The third-order valence-corrected chi connectivity index (χ3v) is 5.48. The van der Waals surface area contributed by atoms with E-state index in [1.54, 1.807) is 0 Å². The minimum atomic E-state index is -0.617. The number of imide groups is 1. The van der Waals surface area contributed by atoms with E-state index in [0.717, 1.165) is 4.90 Å². The van der Waals surface area contributed by atoms with Crippen molar-refractivity contribution in [1.29, 1.82) is 0 Å². The maximum atomic E-state index is 12.9. The van der Waals surface area contributed by atoms with Gasteiger partial charge in [0, 0.05) is 10.2 Å². The number of nitrogens with zero attached hydrogens (tertiary/aromatic N) is 1. The number of ether oxygens (including phenoxy) is 1. The van der Waals surface area contributed by atoms with Gasteiger partial charge in [0.15, 0.2) is 11.5 Å². The summed E-state index contributed by atoms with van der Waals surface area (Å²) in [5, 5.41) is 11.7. The number of phenols is 1. The van der Waals surface area contributed by atoms with Gasteiger partial charge in [0.1, 0.15) is 12.4 Å². The molecule has 1 aliphatic heterocycles. The molecule has 0 saturated carbocycles. The lowest BCUT2D eigenvalue weighted by molar-refractivity contribution is -0.127. The molecule has 2 aromatic carbocycles. The summed E-state index contributed by atoms with van der Waals surface area (Å²) in [7, 11) is 1.39. The first-order valence-electron chi connectivity index (χ1n) is 8.15. The molecule has 1 heterocycles. The number of anilines is 1. The van der Waals surface area contributed by atoms with Gasteiger partial charge in [0.25, 0.3) is 11.1 Å². The highest BCUT2D eigenvalue weighted by Gasteiger charge is 2.36. The summed E-state index contributed by atoms with van der Waals surface area (Å²) in [5.41, 5.74) is 0.861. The third kappa shape index (κ3) is 4.77. The Morgan fingerprint density at radius 3 is 2.66 bits per heavy atom. The van der Waals surface area contributed by atoms with Crippen LogP contribution in [0.15, 0.2) is 45.8 Å². The number of aromatic hydroxyl groups is 1. The van der Waals surface area contributed by atoms with Crippen molar-refractivity contribution in [3.05, 3.63) is 57.2 Å². The average Bonchev–Trinajstić information content (AvgIpc) is 2.93. The first-order valence-corrected chi connectivity index (χ1v) is 9.76. The van der Waals surface area contributed by atoms with Crippen molar-refractivity contribution >= 4 is 56.5 Å². The van der Waals surface area contributed by atoms with Crippen LogP contribution in [0.3, 0.4) is 0 Å². The molecule has 0 atom stereocenters. The molecule has 29 heavy (non-hydrogen) atoms. The largest absolute Gasteiger partial charge is 0.504 e. The van der Waals surface area contributed by atoms with Crippen molar-refractivity contribution in [3.63, 3.8) is 0 Å². The quantitative estimate of drug-likeness (QED) is 0.628. The van der Waals surface area contributed by atoms with Crippen LogP contribution in [0.2, 0.25) is 0 Å². The van der Waals surface area contributed by atoms with Crippen LogP contribution < -0.4 is 10.1 Å². The fourth-order valence-corrected chi connectivity index (χ4v) is 3.76. The van der Waals surface area contributed by atoms with Gasteiger partial charge in [-0.3, -0.25) is 19.3 Å². The first kappa shape index (κ1) is 20.9. The second-order valence-electron chi connectivity index (χ2n) is 5.87. The molecule has 0 radical (unpaired) electrons. The van der Waals surface area contributed by atoms with Gasteiger partial charge in [-0.2, -0.15) is 0 Å². The van der Waals surface area contributed by atoms with Crippen molar-refractivity contribution in [1.82, 2.24) is 4.90 Å². The Balaban J connectivity index is 1.75. The Morgan fingerprint density at radius 1 is 1.31 bits per heavy atom. The van der Waals surface area contributed by atoms with E-state index in [0.29, 0.717) is 27.5 Å². The zero-order valence-electron chi connectivity index (χ0n) is 14.9. The molecule has 7 nitrogen and oxygen atoms in total. The highest BCUT2D eigenvalue weighted by molar-refractivity contribution is 9.10. The molecule has 0 spiro atoms. The lowest BCUT2D eigenvalue weighted by Gasteiger charge is -2.12. The summed E-state index contributed by atoms with van der Waals surface area (Å²) >= 11 is 3.98. The van der Waals surface area contributed by atoms with Gasteiger partial charge in [-0.05, 0) is 59.8 Å². The van der Waals surface area contributed by atoms with Crippen LogP contribution in [-0.4, -0.2) is 40.7 Å². The van der Waals surface area contributed by atoms with Gasteiger partial charge in [-0.15, -0.1) is 0 Å². The fourth-order valence-electron chi connectivity index (χ4n) is 2.49. The minimum absolute atomic E-state index is 0.0814. The average molecular weight is 481 g/mol. The predicted octanol–water partition coefficient (Wildman–Crippen LogP) is 3.98. The highest BCUT2D eigenvalue weighted by atomic mass is 79.9. The maximum absolute atomic E-state index is 12.9. The van der Waals surface area contributed by atoms with Crippen molar-refractivity contribution in [2.75, 3.05) is 19.0 Å². The number of hydrogen-bond acceptors (Lipinski definition) is 6. The minimum Gasteiger partial charge on any atom is -0.504 e. The van der Waals surface area contributed by atoms with E-state index in [1.807, 2.05) is 0 Å². The highest BCUT2D eigenvalue weighted by Crippen LogP contribution is 2.37. The van der Waals surface area contributed by atoms with Crippen LogP contribution in [-0.2, 0) is 9.59 Å². The molecular formula is C19H14BrFN2O5S. The Labute approximate surface area is 177 Å². The fraction of sp³-hybridized carbons (Fsp3) is 0.105. The second kappa shape index (κ2) is 8.66. The molecule has 1 aliphatic rings. The molecule has 2 aromatic rings. The maximum Gasteiger partial charge on any atom is 0.294 e. The van der Waals surface area contributed by atoms with Crippen LogP contribution in [0.25, 0.3) is 6.08 Å². The molecule has 0 bridgehead atoms. The van der Waals surface area contributed by atoms with E-state index < -0.39 is 29.4 Å². The second-order valence-corrected chi connectivity index (χ2v) is 7.72. The van der Waals surface area contributed by atoms with Gasteiger partial charge < -0.3 is 15.2 Å². The van der Waals surface area contributed by atoms with Gasteiger partial charge in [0.05, 0.1) is 12.0 Å². The number of nitrogens with one attached hydrogen (secondary N) is 1. The van der Waals surface area contributed by atoms with Crippen LogP contribution in [0.5, 0.6) is 11.5 Å². The molecule has 10 heteroatoms. The number of carbonyl (C=O) groups excluding carboxylic acids is 3. The molecule has 150 valence electrons. The molecule has 0 unspecified atom stereocenters. The number of benzene rings is 2. The zero-order valence-corrected chi connectivity index (χ0v) is 17.3. The van der Waals surface area contributed by atoms with E-state index in [4.69, 9.17) is 4.74 Å². The Bertz CT molecular complexity index is 1030. The standard InChI is InChI=1S/C19H14BrFN2O5S/c1-28-15-6-10(13(20)8-14(15)24)7-16-18(26)23(19(27)29-16)9-17(25)22-12-4-2-11(21)3-5-12/h2-8,24H,9H2,1H3,(H,22,25)/b16-7-. The van der Waals surface area contributed by atoms with E-state index in [2.05, 4.69) is 21.2 Å². The lowest BCUT2D eigenvalue weighted by atomic mass is 10.2. The number of rotatable bonds is 5. The van der Waals surface area contributed by atoms with Gasteiger partial charge in [-0.1, -0.05) is 15.9 Å². The van der Waals surface area contributed by atoms with Crippen LogP contribution >= 0.6 is 27.7 Å². The summed E-state index contributed by atoms with van der Waals surface area (Å²) in [6.07, 6.45) is 1.47. The Hall–Kier alpha value is -2.85. The van der Waals surface area contributed by atoms with Gasteiger partial charge >= 0.3 is 0 Å². The molecular weight excluding hydrogens is 467 g/mol. The van der Waals surface area contributed by atoms with Crippen LogP contribution in [0.1, 0.15) is 5.56 Å². The summed E-state index contributed by atoms with van der Waals surface area (Å²) in [6, 6.07) is 8.03. The number of hydrogen-bond donors (Lipinski definition) is 2. The normalized spacial score (nSPS) is 15.1. The number of carbonyl (C=O) groups is 3. The van der Waals surface area contributed by atoms with Crippen LogP contribution in [0, 0.1) is 5.82 Å². The van der Waals surface area contributed by atoms with Gasteiger partial charge in [-0.25, -0.2) is 4.39 Å². The Morgan fingerprint density at radius 2 is 2.00 bits per heavy atom. The van der Waals surface area contributed by atoms with Crippen molar-refractivity contribution in [2.24, 2.45) is 0 Å². The number of methoxy groups -OCH3 is 1. The van der Waals surface area contributed by atoms with E-state index in [-0.39, 0.29) is 16.4 Å². The molecule has 2 N–H and O–H groups in total. The SMILES string of the molecule is COc1cc(/C=C2\SC(=O)N(CC(=O)Nc3ccc(F)cc3)C2=O)c(Br)cc1O. The number of phenolic OH excluding ortho intramolecular Hbond substituents is 1. The third-order valence-electron chi connectivity index (χ3n) is 3.89. The van der Waals surface area contributed by atoms with E-state index in [9.17, 15) is 23.9 Å². The summed E-state index contributed by atoms with van der Waals surface area (Å²) in [5.74, 6) is -1.53. The van der Waals surface area contributed by atoms with Crippen LogP contribution in [0.4, 0.5) is 14.9 Å². The number of thioether (sulfide) groups is 1. The lowest BCUT2D eigenvalue weighted by Crippen LogP contribution is -2.36. The van der Waals surface area contributed by atoms with E-state index >= 15 is 0 Å². The number of halogens is 2. The van der Waals surface area contributed by atoms with Crippen molar-refractivity contribution in [3.8, 4) is 11.5 Å². The number of amides is 3. The molecule has 1 saturated heterocycles. The summed E-state index contributed by atoms with van der Waals surface area (Å²) < 4.78 is 18.5. The zero-order chi connectivity index (χ0) is 21.1. The molecule has 1 fully saturated rings. The van der Waals surface area contributed by atoms with Crippen molar-refractivity contribution in [2.45, 2.75) is 0 Å². The Kier molecular flexibility index (Phi) is 6.23. The summed E-state index contributed by atoms with van der Waals surface area (Å²) in [4.78, 5) is 37.9. The molecule has 3 rings (SSSR count). The van der Waals surface area contributed by atoms with E-state index in [1.165, 1.54) is 49.6 Å². The summed E-state index contributed by atoms with van der Waals surface area (Å²) in [6.45, 7) is -0.473. The van der Waals surface area contributed by atoms with Crippen molar-refractivity contribution < 1.29 is 28.6 Å². The smallest absolute Gasteiger partial charge is 0.294 e.